The quantitative estimate of drug-likeness (QED) is 0.823. The minimum atomic E-state index is -1.15. The number of carboxylic acid groups (broad SMARTS) is 1. The van der Waals surface area contributed by atoms with Crippen LogP contribution >= 0.6 is 0 Å². The molecule has 0 radical (unpaired) electrons. The van der Waals surface area contributed by atoms with Crippen LogP contribution in [0.15, 0.2) is 24.3 Å². The Morgan fingerprint density at radius 1 is 1.53 bits per heavy atom. The zero-order valence-electron chi connectivity index (χ0n) is 9.28. The third-order valence-electron chi connectivity index (χ3n) is 2.53. The van der Waals surface area contributed by atoms with E-state index < -0.39 is 11.6 Å². The van der Waals surface area contributed by atoms with E-state index in [4.69, 9.17) is 9.84 Å². The van der Waals surface area contributed by atoms with Crippen LogP contribution in [0.3, 0.4) is 0 Å². The number of rotatable bonds is 4. The molecule has 0 aromatic heterocycles. The van der Waals surface area contributed by atoms with Crippen molar-refractivity contribution in [2.24, 2.45) is 0 Å². The molecule has 1 N–H and O–H groups in total. The predicted octanol–water partition coefficient (Wildman–Crippen LogP) is 2.03. The van der Waals surface area contributed by atoms with Crippen LogP contribution in [0.4, 0.5) is 0 Å². The minimum absolute atomic E-state index is 0.376. The van der Waals surface area contributed by atoms with E-state index in [1.54, 1.807) is 6.92 Å². The van der Waals surface area contributed by atoms with Crippen LogP contribution in [0.2, 0.25) is 0 Å². The zero-order chi connectivity index (χ0) is 11.5. The molecule has 0 amide bonds. The summed E-state index contributed by atoms with van der Waals surface area (Å²) < 4.78 is 5.04. The van der Waals surface area contributed by atoms with Gasteiger partial charge in [0.2, 0.25) is 0 Å². The van der Waals surface area contributed by atoms with Crippen molar-refractivity contribution >= 4 is 5.97 Å². The maximum atomic E-state index is 11.0. The highest BCUT2D eigenvalue weighted by Crippen LogP contribution is 2.18. The second-order valence-electron chi connectivity index (χ2n) is 3.91. The highest BCUT2D eigenvalue weighted by molar-refractivity contribution is 5.77. The lowest BCUT2D eigenvalue weighted by Crippen LogP contribution is -2.39. The molecule has 0 saturated heterocycles. The van der Waals surface area contributed by atoms with Gasteiger partial charge in [-0.2, -0.15) is 0 Å². The number of carbonyl (C=O) groups is 1. The van der Waals surface area contributed by atoms with E-state index in [-0.39, 0.29) is 0 Å². The lowest BCUT2D eigenvalue weighted by Gasteiger charge is -2.23. The summed E-state index contributed by atoms with van der Waals surface area (Å²) in [6.07, 6.45) is 0.376. The number of aryl methyl sites for hydroxylation is 1. The molecule has 1 unspecified atom stereocenters. The molecule has 3 nitrogen and oxygen atoms in total. The van der Waals surface area contributed by atoms with E-state index in [1.807, 2.05) is 31.2 Å². The monoisotopic (exact) mass is 208 g/mol. The van der Waals surface area contributed by atoms with Crippen LogP contribution in [0.5, 0.6) is 0 Å². The second kappa shape index (κ2) is 4.45. The van der Waals surface area contributed by atoms with Gasteiger partial charge in [0.1, 0.15) is 0 Å². The van der Waals surface area contributed by atoms with Gasteiger partial charge in [0.05, 0.1) is 0 Å². The van der Waals surface area contributed by atoms with Crippen molar-refractivity contribution < 1.29 is 14.6 Å². The SMILES string of the molecule is COC(C)(Cc1cccc(C)c1)C(=O)O. The molecule has 3 heteroatoms. The first-order chi connectivity index (χ1) is 6.98. The highest BCUT2D eigenvalue weighted by Gasteiger charge is 2.32. The molecule has 0 saturated carbocycles. The van der Waals surface area contributed by atoms with Gasteiger partial charge in [0.25, 0.3) is 0 Å². The molecule has 1 aromatic rings. The summed E-state index contributed by atoms with van der Waals surface area (Å²) in [5, 5.41) is 9.04. The largest absolute Gasteiger partial charge is 0.479 e. The number of aliphatic carboxylic acids is 1. The second-order valence-corrected chi connectivity index (χ2v) is 3.91. The van der Waals surface area contributed by atoms with E-state index in [9.17, 15) is 4.79 Å². The fraction of sp³-hybridized carbons (Fsp3) is 0.417. The summed E-state index contributed by atoms with van der Waals surface area (Å²) in [5.74, 6) is -0.938. The Bertz CT molecular complexity index is 360. The van der Waals surface area contributed by atoms with Crippen LogP contribution in [0.1, 0.15) is 18.1 Å². The summed E-state index contributed by atoms with van der Waals surface area (Å²) in [7, 11) is 1.42. The van der Waals surface area contributed by atoms with Gasteiger partial charge in [-0.25, -0.2) is 4.79 Å². The van der Waals surface area contributed by atoms with Crippen LogP contribution in [-0.4, -0.2) is 23.8 Å². The van der Waals surface area contributed by atoms with Crippen LogP contribution in [0.25, 0.3) is 0 Å². The topological polar surface area (TPSA) is 46.5 Å². The highest BCUT2D eigenvalue weighted by atomic mass is 16.5. The fourth-order valence-electron chi connectivity index (χ4n) is 1.45. The number of carboxylic acids is 1. The number of methoxy groups -OCH3 is 1. The van der Waals surface area contributed by atoms with Gasteiger partial charge in [0.15, 0.2) is 5.60 Å². The molecule has 1 aromatic carbocycles. The Morgan fingerprint density at radius 2 is 2.20 bits per heavy atom. The van der Waals surface area contributed by atoms with Crippen molar-refractivity contribution in [1.29, 1.82) is 0 Å². The first-order valence-electron chi connectivity index (χ1n) is 4.82. The Balaban J connectivity index is 2.89. The summed E-state index contributed by atoms with van der Waals surface area (Å²) in [5.41, 5.74) is 0.950. The fourth-order valence-corrected chi connectivity index (χ4v) is 1.45. The number of ether oxygens (including phenoxy) is 1. The van der Waals surface area contributed by atoms with Gasteiger partial charge in [-0.1, -0.05) is 29.8 Å². The summed E-state index contributed by atoms with van der Waals surface area (Å²) in [6.45, 7) is 3.56. The first kappa shape index (κ1) is 11.7. The van der Waals surface area contributed by atoms with Gasteiger partial charge >= 0.3 is 5.97 Å². The van der Waals surface area contributed by atoms with E-state index in [1.165, 1.54) is 7.11 Å². The molecule has 0 spiro atoms. The Kier molecular flexibility index (Phi) is 3.48. The van der Waals surface area contributed by atoms with Crippen LogP contribution in [-0.2, 0) is 16.0 Å². The molecule has 1 rings (SSSR count). The van der Waals surface area contributed by atoms with Crippen LogP contribution in [0, 0.1) is 6.92 Å². The van der Waals surface area contributed by atoms with Gasteiger partial charge in [-0.05, 0) is 19.4 Å². The van der Waals surface area contributed by atoms with Crippen molar-refractivity contribution in [1.82, 2.24) is 0 Å². The Morgan fingerprint density at radius 3 is 2.67 bits per heavy atom. The molecule has 0 bridgehead atoms. The van der Waals surface area contributed by atoms with Gasteiger partial charge in [0, 0.05) is 13.5 Å². The number of benzene rings is 1. The molecular formula is C12H16O3. The lowest BCUT2D eigenvalue weighted by molar-refractivity contribution is -0.159. The van der Waals surface area contributed by atoms with E-state index >= 15 is 0 Å². The van der Waals surface area contributed by atoms with Gasteiger partial charge in [-0.3, -0.25) is 0 Å². The molecular weight excluding hydrogens is 192 g/mol. The van der Waals surface area contributed by atoms with E-state index in [0.29, 0.717) is 6.42 Å². The molecule has 82 valence electrons. The molecule has 15 heavy (non-hydrogen) atoms. The molecule has 0 aliphatic heterocycles. The summed E-state index contributed by atoms with van der Waals surface area (Å²) in [6, 6.07) is 7.78. The summed E-state index contributed by atoms with van der Waals surface area (Å²) in [4.78, 5) is 11.0. The molecule has 0 fully saturated rings. The Hall–Kier alpha value is -1.35. The predicted molar refractivity (Wildman–Crippen MR) is 57.9 cm³/mol. The van der Waals surface area contributed by atoms with Gasteiger partial charge in [-0.15, -0.1) is 0 Å². The average Bonchev–Trinajstić information content (AvgIpc) is 2.17. The normalized spacial score (nSPS) is 14.6. The maximum absolute atomic E-state index is 11.0. The molecule has 1 atom stereocenters. The maximum Gasteiger partial charge on any atom is 0.336 e. The van der Waals surface area contributed by atoms with E-state index in [2.05, 4.69) is 0 Å². The van der Waals surface area contributed by atoms with Crippen molar-refractivity contribution in [2.45, 2.75) is 25.9 Å². The number of hydrogen-bond donors (Lipinski definition) is 1. The zero-order valence-corrected chi connectivity index (χ0v) is 9.28. The minimum Gasteiger partial charge on any atom is -0.479 e. The van der Waals surface area contributed by atoms with Crippen molar-refractivity contribution in [3.05, 3.63) is 35.4 Å². The summed E-state index contributed by atoms with van der Waals surface area (Å²) >= 11 is 0. The van der Waals surface area contributed by atoms with Crippen LogP contribution < -0.4 is 0 Å². The van der Waals surface area contributed by atoms with E-state index in [0.717, 1.165) is 11.1 Å². The smallest absolute Gasteiger partial charge is 0.336 e. The average molecular weight is 208 g/mol. The van der Waals surface area contributed by atoms with Crippen molar-refractivity contribution in [3.8, 4) is 0 Å². The third-order valence-corrected chi connectivity index (χ3v) is 2.53. The third kappa shape index (κ3) is 2.80. The van der Waals surface area contributed by atoms with Gasteiger partial charge < -0.3 is 9.84 Å². The first-order valence-corrected chi connectivity index (χ1v) is 4.82. The standard InChI is InChI=1S/C12H16O3/c1-9-5-4-6-10(7-9)8-12(2,15-3)11(13)14/h4-7H,8H2,1-3H3,(H,13,14). The molecule has 0 heterocycles. The van der Waals surface area contributed by atoms with Crippen molar-refractivity contribution in [3.63, 3.8) is 0 Å². The number of hydrogen-bond acceptors (Lipinski definition) is 2. The molecule has 0 aliphatic carbocycles. The van der Waals surface area contributed by atoms with Crippen molar-refractivity contribution in [2.75, 3.05) is 7.11 Å². The lowest BCUT2D eigenvalue weighted by atomic mass is 9.95. The Labute approximate surface area is 89.7 Å². The molecule has 0 aliphatic rings.